The first-order valence-corrected chi connectivity index (χ1v) is 12.5. The molecular formula is C27H29NO3. The van der Waals surface area contributed by atoms with Crippen molar-refractivity contribution < 1.29 is 14.3 Å². The largest absolute Gasteiger partial charge is 0.492 e. The first kappa shape index (κ1) is 17.5. The summed E-state index contributed by atoms with van der Waals surface area (Å²) in [5.41, 5.74) is 0.653. The van der Waals surface area contributed by atoms with Gasteiger partial charge >= 0.3 is 0 Å². The van der Waals surface area contributed by atoms with Crippen LogP contribution in [0.25, 0.3) is 0 Å². The lowest BCUT2D eigenvalue weighted by molar-refractivity contribution is -0.125. The number of ether oxygens (including phenoxy) is 1. The van der Waals surface area contributed by atoms with Gasteiger partial charge in [0.25, 0.3) is 0 Å². The zero-order valence-corrected chi connectivity index (χ0v) is 17.9. The molecule has 6 fully saturated rings. The van der Waals surface area contributed by atoms with E-state index in [-0.39, 0.29) is 23.7 Å². The molecule has 1 aromatic carbocycles. The van der Waals surface area contributed by atoms with Crippen molar-refractivity contribution in [3.63, 3.8) is 0 Å². The molecule has 8 rings (SSSR count). The Bertz CT molecular complexity index is 993. The zero-order chi connectivity index (χ0) is 20.6. The van der Waals surface area contributed by atoms with Crippen molar-refractivity contribution in [3.05, 3.63) is 36.4 Å². The monoisotopic (exact) mass is 415 g/mol. The smallest absolute Gasteiger partial charge is 0.238 e. The standard InChI is InChI=1S/C27H29NO3/c1-2-31-19-6-4-3-5-18(19)28-26(29)24-16-11-17(25(24)27(28)30)23-15-10-14(22(16)23)20-12-7-8-13(9-12)21(15)20/h3-8,12-17,20-25H,2,9-11H2,1H3. The summed E-state index contributed by atoms with van der Waals surface area (Å²) >= 11 is 0. The van der Waals surface area contributed by atoms with Gasteiger partial charge in [-0.2, -0.15) is 0 Å². The van der Waals surface area contributed by atoms with Crippen molar-refractivity contribution in [2.45, 2.75) is 26.2 Å². The summed E-state index contributed by atoms with van der Waals surface area (Å²) in [6, 6.07) is 7.57. The highest BCUT2D eigenvalue weighted by Gasteiger charge is 2.76. The minimum absolute atomic E-state index is 0.0558. The van der Waals surface area contributed by atoms with Gasteiger partial charge in [0.05, 0.1) is 24.1 Å². The summed E-state index contributed by atoms with van der Waals surface area (Å²) < 4.78 is 5.78. The number of para-hydroxylation sites is 2. The third-order valence-corrected chi connectivity index (χ3v) is 10.8. The molecule has 6 aliphatic carbocycles. The molecule has 1 aromatic rings. The van der Waals surface area contributed by atoms with E-state index >= 15 is 0 Å². The lowest BCUT2D eigenvalue weighted by atomic mass is 9.57. The number of carbonyl (C=O) groups is 2. The van der Waals surface area contributed by atoms with Crippen LogP contribution in [0, 0.1) is 71.0 Å². The molecule has 160 valence electrons. The number of nitrogens with zero attached hydrogens (tertiary/aromatic N) is 1. The molecule has 0 aromatic heterocycles. The van der Waals surface area contributed by atoms with E-state index in [1.54, 1.807) is 0 Å². The average Bonchev–Trinajstić information content (AvgIpc) is 3.59. The number of fused-ring (bicyclic) bond motifs is 19. The number of hydrogen-bond donors (Lipinski definition) is 0. The van der Waals surface area contributed by atoms with Gasteiger partial charge in [-0.1, -0.05) is 24.3 Å². The Morgan fingerprint density at radius 3 is 2.00 bits per heavy atom. The van der Waals surface area contributed by atoms with Crippen molar-refractivity contribution in [1.82, 2.24) is 0 Å². The van der Waals surface area contributed by atoms with Gasteiger partial charge in [-0.3, -0.25) is 9.59 Å². The molecule has 12 unspecified atom stereocenters. The molecular weight excluding hydrogens is 386 g/mol. The normalized spacial score (nSPS) is 51.7. The number of allylic oxidation sites excluding steroid dienone is 2. The highest BCUT2D eigenvalue weighted by Crippen LogP contribution is 2.78. The summed E-state index contributed by atoms with van der Waals surface area (Å²) in [7, 11) is 0. The Balaban J connectivity index is 1.17. The highest BCUT2D eigenvalue weighted by molar-refractivity contribution is 6.23. The Hall–Kier alpha value is -2.10. The van der Waals surface area contributed by atoms with Crippen LogP contribution in [-0.2, 0) is 9.59 Å². The first-order chi connectivity index (χ1) is 15.2. The second-order valence-electron chi connectivity index (χ2n) is 11.3. The van der Waals surface area contributed by atoms with Crippen LogP contribution in [0.15, 0.2) is 36.4 Å². The van der Waals surface area contributed by atoms with Gasteiger partial charge in [-0.15, -0.1) is 0 Å². The van der Waals surface area contributed by atoms with Crippen molar-refractivity contribution in [2.75, 3.05) is 11.5 Å². The van der Waals surface area contributed by atoms with E-state index in [1.165, 1.54) is 17.7 Å². The highest BCUT2D eigenvalue weighted by atomic mass is 16.5. The molecule has 1 heterocycles. The molecule has 5 saturated carbocycles. The second kappa shape index (κ2) is 5.63. The van der Waals surface area contributed by atoms with Gasteiger partial charge in [0.2, 0.25) is 11.8 Å². The molecule has 0 radical (unpaired) electrons. The van der Waals surface area contributed by atoms with Crippen molar-refractivity contribution in [3.8, 4) is 5.75 Å². The van der Waals surface area contributed by atoms with E-state index in [0.717, 1.165) is 41.9 Å². The van der Waals surface area contributed by atoms with Gasteiger partial charge in [0.1, 0.15) is 5.75 Å². The summed E-state index contributed by atoms with van der Waals surface area (Å²) in [4.78, 5) is 29.0. The number of rotatable bonds is 3. The van der Waals surface area contributed by atoms with Gasteiger partial charge in [-0.05, 0) is 97.5 Å². The van der Waals surface area contributed by atoms with Crippen molar-refractivity contribution in [1.29, 1.82) is 0 Å². The number of imide groups is 1. The second-order valence-corrected chi connectivity index (χ2v) is 11.3. The Labute approximate surface area is 183 Å². The summed E-state index contributed by atoms with van der Waals surface area (Å²) in [5, 5.41) is 0. The molecule has 31 heavy (non-hydrogen) atoms. The first-order valence-electron chi connectivity index (χ1n) is 12.5. The van der Waals surface area contributed by atoms with E-state index in [0.29, 0.717) is 41.7 Å². The van der Waals surface area contributed by atoms with Crippen LogP contribution < -0.4 is 9.64 Å². The molecule has 1 aliphatic heterocycles. The topological polar surface area (TPSA) is 46.6 Å². The molecule has 6 bridgehead atoms. The number of amides is 2. The Kier molecular flexibility index (Phi) is 3.17. The van der Waals surface area contributed by atoms with E-state index in [9.17, 15) is 9.59 Å². The third kappa shape index (κ3) is 1.84. The molecule has 0 N–H and O–H groups in total. The quantitative estimate of drug-likeness (QED) is 0.423. The Morgan fingerprint density at radius 1 is 0.806 bits per heavy atom. The van der Waals surface area contributed by atoms with Gasteiger partial charge < -0.3 is 4.74 Å². The minimum Gasteiger partial charge on any atom is -0.492 e. The van der Waals surface area contributed by atoms with E-state index in [2.05, 4.69) is 12.2 Å². The number of carbonyl (C=O) groups excluding carboxylic acids is 2. The van der Waals surface area contributed by atoms with E-state index in [4.69, 9.17) is 4.74 Å². The lowest BCUT2D eigenvalue weighted by Crippen LogP contribution is -2.45. The number of hydrogen-bond acceptors (Lipinski definition) is 3. The lowest BCUT2D eigenvalue weighted by Gasteiger charge is -2.46. The average molecular weight is 416 g/mol. The summed E-state index contributed by atoms with van der Waals surface area (Å²) in [5.74, 6) is 7.83. The van der Waals surface area contributed by atoms with Crippen LogP contribution in [0.3, 0.4) is 0 Å². The third-order valence-electron chi connectivity index (χ3n) is 10.8. The van der Waals surface area contributed by atoms with Crippen LogP contribution in [0.4, 0.5) is 5.69 Å². The molecule has 0 spiro atoms. The van der Waals surface area contributed by atoms with Gasteiger partial charge in [0.15, 0.2) is 0 Å². The molecule has 1 saturated heterocycles. The fourth-order valence-corrected chi connectivity index (χ4v) is 10.5. The maximum Gasteiger partial charge on any atom is 0.238 e. The molecule has 7 aliphatic rings. The minimum atomic E-state index is -0.0830. The maximum absolute atomic E-state index is 13.7. The fraction of sp³-hybridized carbons (Fsp3) is 0.630. The van der Waals surface area contributed by atoms with E-state index < -0.39 is 0 Å². The predicted molar refractivity (Wildman–Crippen MR) is 115 cm³/mol. The molecule has 4 heteroatoms. The fourth-order valence-electron chi connectivity index (χ4n) is 10.5. The van der Waals surface area contributed by atoms with Crippen LogP contribution in [-0.4, -0.2) is 18.4 Å². The van der Waals surface area contributed by atoms with Gasteiger partial charge in [0, 0.05) is 0 Å². The van der Waals surface area contributed by atoms with Crippen LogP contribution in [0.2, 0.25) is 0 Å². The molecule has 12 atom stereocenters. The summed E-state index contributed by atoms with van der Waals surface area (Å²) in [6.45, 7) is 2.47. The van der Waals surface area contributed by atoms with Crippen molar-refractivity contribution in [2.24, 2.45) is 71.0 Å². The van der Waals surface area contributed by atoms with Crippen LogP contribution >= 0.6 is 0 Å². The Morgan fingerprint density at radius 2 is 1.39 bits per heavy atom. The van der Waals surface area contributed by atoms with Crippen LogP contribution in [0.5, 0.6) is 5.75 Å². The SMILES string of the molecule is CCOc1ccccc1N1C(=O)C2C3CC(C2C1=O)C1C2CC(C4C5C=CC(C5)C24)C31. The molecule has 4 nitrogen and oxygen atoms in total. The molecule has 2 amide bonds. The zero-order valence-electron chi connectivity index (χ0n) is 17.9. The van der Waals surface area contributed by atoms with E-state index in [1.807, 2.05) is 31.2 Å². The number of anilines is 1. The maximum atomic E-state index is 13.7. The van der Waals surface area contributed by atoms with Gasteiger partial charge in [-0.25, -0.2) is 4.90 Å². The number of benzene rings is 1. The van der Waals surface area contributed by atoms with Crippen LogP contribution in [0.1, 0.15) is 26.2 Å². The van der Waals surface area contributed by atoms with Crippen molar-refractivity contribution >= 4 is 17.5 Å². The predicted octanol–water partition coefficient (Wildman–Crippen LogP) is 4.16. The summed E-state index contributed by atoms with van der Waals surface area (Å²) in [6.07, 6.45) is 8.90.